The number of methoxy groups -OCH3 is 3. The third-order valence-corrected chi connectivity index (χ3v) is 4.94. The van der Waals surface area contributed by atoms with Gasteiger partial charge in [0.05, 0.1) is 38.8 Å². The Morgan fingerprint density at radius 1 is 1.00 bits per heavy atom. The molecule has 0 amide bonds. The number of nitrogens with zero attached hydrogens (tertiary/aromatic N) is 3. The molecule has 0 unspecified atom stereocenters. The van der Waals surface area contributed by atoms with Gasteiger partial charge in [-0.2, -0.15) is 0 Å². The fraction of sp³-hybridized carbons (Fsp3) is 0.174. The molecule has 0 fully saturated rings. The molecule has 0 saturated heterocycles. The minimum absolute atomic E-state index is 0.356. The van der Waals surface area contributed by atoms with Crippen molar-refractivity contribution >= 4 is 17.4 Å². The second-order valence-corrected chi connectivity index (χ2v) is 6.72. The number of imidazole rings is 1. The first-order chi connectivity index (χ1) is 15.1. The van der Waals surface area contributed by atoms with Crippen LogP contribution in [0.25, 0.3) is 16.9 Å². The summed E-state index contributed by atoms with van der Waals surface area (Å²) in [5, 5.41) is 3.32. The summed E-state index contributed by atoms with van der Waals surface area (Å²) in [6.07, 6.45) is 5.39. The van der Waals surface area contributed by atoms with Gasteiger partial charge in [-0.25, -0.2) is 14.8 Å². The number of aromatic nitrogens is 3. The number of hydrogen-bond donors (Lipinski definition) is 1. The first kappa shape index (κ1) is 20.2. The molecular weight excluding hydrogens is 396 g/mol. The number of nitrogens with one attached hydrogen (secondary N) is 1. The highest BCUT2D eigenvalue weighted by atomic mass is 16.5. The van der Waals surface area contributed by atoms with E-state index in [1.54, 1.807) is 38.7 Å². The summed E-state index contributed by atoms with van der Waals surface area (Å²) in [7, 11) is 4.59. The number of benzene rings is 2. The lowest BCUT2D eigenvalue weighted by Crippen LogP contribution is -2.05. The molecule has 0 spiro atoms. The zero-order chi connectivity index (χ0) is 21.8. The fourth-order valence-corrected chi connectivity index (χ4v) is 3.32. The molecular formula is C23H22N4O4. The van der Waals surface area contributed by atoms with E-state index in [2.05, 4.69) is 15.3 Å². The van der Waals surface area contributed by atoms with Crippen molar-refractivity contribution in [3.05, 3.63) is 72.2 Å². The van der Waals surface area contributed by atoms with Crippen LogP contribution in [0.15, 0.2) is 61.1 Å². The molecule has 0 saturated carbocycles. The van der Waals surface area contributed by atoms with Crippen LogP contribution in [0, 0.1) is 0 Å². The van der Waals surface area contributed by atoms with Gasteiger partial charge in [0.2, 0.25) is 0 Å². The van der Waals surface area contributed by atoms with Gasteiger partial charge in [-0.15, -0.1) is 0 Å². The van der Waals surface area contributed by atoms with Crippen LogP contribution in [0.2, 0.25) is 0 Å². The predicted molar refractivity (Wildman–Crippen MR) is 117 cm³/mol. The van der Waals surface area contributed by atoms with Crippen molar-refractivity contribution in [2.45, 2.75) is 6.54 Å². The van der Waals surface area contributed by atoms with E-state index in [4.69, 9.17) is 14.2 Å². The monoisotopic (exact) mass is 418 g/mol. The molecule has 8 nitrogen and oxygen atoms in total. The number of carbonyl (C=O) groups excluding carboxylic acids is 1. The normalized spacial score (nSPS) is 10.7. The summed E-state index contributed by atoms with van der Waals surface area (Å²) < 4.78 is 17.4. The quantitative estimate of drug-likeness (QED) is 0.457. The van der Waals surface area contributed by atoms with Gasteiger partial charge in [0.15, 0.2) is 23.0 Å². The maximum Gasteiger partial charge on any atom is 0.337 e. The second-order valence-electron chi connectivity index (χ2n) is 6.72. The number of ether oxygens (including phenoxy) is 3. The highest BCUT2D eigenvalue weighted by molar-refractivity contribution is 5.89. The molecule has 0 aliphatic heterocycles. The van der Waals surface area contributed by atoms with Gasteiger partial charge in [-0.3, -0.25) is 4.40 Å². The van der Waals surface area contributed by atoms with Crippen LogP contribution in [0.3, 0.4) is 0 Å². The molecule has 0 bridgehead atoms. The standard InChI is InChI=1S/C23H22N4O4/c1-29-19-9-8-17(12-20(19)30-2)18-14-26-22-21(24-10-11-27(18)22)25-13-15-4-6-16(7-5-15)23(28)31-3/h4-12,14H,13H2,1-3H3,(H,24,25). The molecule has 31 heavy (non-hydrogen) atoms. The molecule has 2 aromatic heterocycles. The lowest BCUT2D eigenvalue weighted by atomic mass is 10.1. The molecule has 158 valence electrons. The minimum atomic E-state index is -0.356. The largest absolute Gasteiger partial charge is 0.493 e. The summed E-state index contributed by atoms with van der Waals surface area (Å²) in [4.78, 5) is 20.6. The zero-order valence-corrected chi connectivity index (χ0v) is 17.5. The smallest absolute Gasteiger partial charge is 0.337 e. The van der Waals surface area contributed by atoms with Crippen LogP contribution in [-0.2, 0) is 11.3 Å². The van der Waals surface area contributed by atoms with Crippen molar-refractivity contribution < 1.29 is 19.0 Å². The number of rotatable bonds is 7. The molecule has 4 rings (SSSR count). The second kappa shape index (κ2) is 8.74. The van der Waals surface area contributed by atoms with Gasteiger partial charge in [0.1, 0.15) is 0 Å². The van der Waals surface area contributed by atoms with Crippen molar-refractivity contribution in [3.8, 4) is 22.8 Å². The van der Waals surface area contributed by atoms with E-state index in [1.165, 1.54) is 7.11 Å². The Hall–Kier alpha value is -4.07. The number of carbonyl (C=O) groups is 1. The molecule has 0 aliphatic rings. The van der Waals surface area contributed by atoms with Crippen LogP contribution < -0.4 is 14.8 Å². The summed E-state index contributed by atoms with van der Waals surface area (Å²) in [6.45, 7) is 0.534. The number of fused-ring (bicyclic) bond motifs is 1. The zero-order valence-electron chi connectivity index (χ0n) is 17.5. The summed E-state index contributed by atoms with van der Waals surface area (Å²) >= 11 is 0. The van der Waals surface area contributed by atoms with Gasteiger partial charge in [-0.1, -0.05) is 12.1 Å². The molecule has 8 heteroatoms. The van der Waals surface area contributed by atoms with E-state index in [0.29, 0.717) is 35.1 Å². The van der Waals surface area contributed by atoms with Crippen LogP contribution in [0.1, 0.15) is 15.9 Å². The molecule has 0 aliphatic carbocycles. The summed E-state index contributed by atoms with van der Waals surface area (Å²) in [6, 6.07) is 13.0. The van der Waals surface area contributed by atoms with Crippen molar-refractivity contribution in [2.24, 2.45) is 0 Å². The number of anilines is 1. The molecule has 0 atom stereocenters. The topological polar surface area (TPSA) is 87.0 Å². The van der Waals surface area contributed by atoms with Crippen LogP contribution >= 0.6 is 0 Å². The van der Waals surface area contributed by atoms with Crippen molar-refractivity contribution in [1.82, 2.24) is 14.4 Å². The average molecular weight is 418 g/mol. The molecule has 0 radical (unpaired) electrons. The molecule has 4 aromatic rings. The highest BCUT2D eigenvalue weighted by Crippen LogP contribution is 2.33. The van der Waals surface area contributed by atoms with Gasteiger partial charge in [0.25, 0.3) is 0 Å². The molecule has 1 N–H and O–H groups in total. The van der Waals surface area contributed by atoms with Gasteiger partial charge >= 0.3 is 5.97 Å². The van der Waals surface area contributed by atoms with Gasteiger partial charge in [-0.05, 0) is 35.9 Å². The summed E-state index contributed by atoms with van der Waals surface area (Å²) in [5.41, 5.74) is 4.07. The Bertz CT molecular complexity index is 1220. The Kier molecular flexibility index (Phi) is 5.70. The average Bonchev–Trinajstić information content (AvgIpc) is 3.27. The predicted octanol–water partition coefficient (Wildman–Crippen LogP) is 3.81. The summed E-state index contributed by atoms with van der Waals surface area (Å²) in [5.74, 6) is 1.62. The van der Waals surface area contributed by atoms with Crippen LogP contribution in [0.4, 0.5) is 5.82 Å². The Balaban J connectivity index is 1.58. The van der Waals surface area contributed by atoms with E-state index >= 15 is 0 Å². The maximum absolute atomic E-state index is 11.6. The Morgan fingerprint density at radius 3 is 2.48 bits per heavy atom. The molecule has 2 heterocycles. The van der Waals surface area contributed by atoms with Crippen molar-refractivity contribution in [1.29, 1.82) is 0 Å². The van der Waals surface area contributed by atoms with Crippen LogP contribution in [0.5, 0.6) is 11.5 Å². The number of esters is 1. The van der Waals surface area contributed by atoms with Crippen LogP contribution in [-0.4, -0.2) is 41.7 Å². The van der Waals surface area contributed by atoms with Crippen molar-refractivity contribution in [3.63, 3.8) is 0 Å². The Morgan fingerprint density at radius 2 is 1.77 bits per heavy atom. The van der Waals surface area contributed by atoms with E-state index in [-0.39, 0.29) is 5.97 Å². The Labute approximate surface area is 179 Å². The highest BCUT2D eigenvalue weighted by Gasteiger charge is 2.13. The maximum atomic E-state index is 11.6. The minimum Gasteiger partial charge on any atom is -0.493 e. The first-order valence-electron chi connectivity index (χ1n) is 9.60. The SMILES string of the molecule is COC(=O)c1ccc(CNc2nccn3c(-c4ccc(OC)c(OC)c4)cnc23)cc1. The molecule has 2 aromatic carbocycles. The third-order valence-electron chi connectivity index (χ3n) is 4.94. The lowest BCUT2D eigenvalue weighted by Gasteiger charge is -2.10. The van der Waals surface area contributed by atoms with E-state index < -0.39 is 0 Å². The van der Waals surface area contributed by atoms with E-state index in [1.807, 2.05) is 40.9 Å². The first-order valence-corrected chi connectivity index (χ1v) is 9.60. The van der Waals surface area contributed by atoms with Gasteiger partial charge < -0.3 is 19.5 Å². The lowest BCUT2D eigenvalue weighted by molar-refractivity contribution is 0.0600. The van der Waals surface area contributed by atoms with Gasteiger partial charge in [0, 0.05) is 24.5 Å². The number of hydrogen-bond acceptors (Lipinski definition) is 7. The van der Waals surface area contributed by atoms with E-state index in [9.17, 15) is 4.79 Å². The van der Waals surface area contributed by atoms with E-state index in [0.717, 1.165) is 16.8 Å². The fourth-order valence-electron chi connectivity index (χ4n) is 3.32. The van der Waals surface area contributed by atoms with Crippen molar-refractivity contribution in [2.75, 3.05) is 26.6 Å². The third kappa shape index (κ3) is 4.00.